The van der Waals surface area contributed by atoms with Gasteiger partial charge in [-0.1, -0.05) is 0 Å². The standard InChI is InChI=1S/C16H19BrN2O/c17-15-13-3-1-2-9-6-11(20)4-5-12(9)14(13)7-10-8-18-19-16(10)15/h7-9,11-12,20H,1-6H2,(H,18,19). The summed E-state index contributed by atoms with van der Waals surface area (Å²) in [6, 6.07) is 2.33. The van der Waals surface area contributed by atoms with Crippen LogP contribution in [0.1, 0.15) is 49.1 Å². The molecule has 0 bridgehead atoms. The van der Waals surface area contributed by atoms with Crippen molar-refractivity contribution in [3.05, 3.63) is 27.9 Å². The van der Waals surface area contributed by atoms with E-state index in [-0.39, 0.29) is 6.10 Å². The van der Waals surface area contributed by atoms with Crippen LogP contribution >= 0.6 is 15.9 Å². The van der Waals surface area contributed by atoms with Crippen LogP contribution < -0.4 is 0 Å². The molecule has 2 aliphatic carbocycles. The Hall–Kier alpha value is -0.870. The second kappa shape index (κ2) is 4.85. The molecule has 0 radical (unpaired) electrons. The van der Waals surface area contributed by atoms with Crippen molar-refractivity contribution in [2.75, 3.05) is 0 Å². The SMILES string of the molecule is OC1CCC2c3cc4cn[nH]c4c(Br)c3CCCC2C1. The highest BCUT2D eigenvalue weighted by atomic mass is 79.9. The first-order chi connectivity index (χ1) is 9.74. The molecule has 2 aromatic rings. The number of hydrogen-bond acceptors (Lipinski definition) is 2. The molecule has 1 aromatic carbocycles. The molecule has 1 aromatic heterocycles. The van der Waals surface area contributed by atoms with Crippen molar-refractivity contribution in [3.63, 3.8) is 0 Å². The lowest BCUT2D eigenvalue weighted by molar-refractivity contribution is 0.0868. The van der Waals surface area contributed by atoms with Gasteiger partial charge in [-0.3, -0.25) is 5.10 Å². The van der Waals surface area contributed by atoms with Crippen LogP contribution in [0.3, 0.4) is 0 Å². The maximum Gasteiger partial charge on any atom is 0.0795 e. The molecular weight excluding hydrogens is 316 g/mol. The second-order valence-electron chi connectivity index (χ2n) is 6.32. The Balaban J connectivity index is 1.87. The molecule has 1 saturated carbocycles. The van der Waals surface area contributed by atoms with Crippen molar-refractivity contribution in [2.45, 2.75) is 50.5 Å². The lowest BCUT2D eigenvalue weighted by Gasteiger charge is -2.34. The van der Waals surface area contributed by atoms with Crippen molar-refractivity contribution in [3.8, 4) is 0 Å². The van der Waals surface area contributed by atoms with E-state index < -0.39 is 0 Å². The molecule has 3 unspecified atom stereocenters. The minimum atomic E-state index is -0.0844. The van der Waals surface area contributed by atoms with Crippen molar-refractivity contribution in [1.82, 2.24) is 10.2 Å². The lowest BCUT2D eigenvalue weighted by atomic mass is 9.73. The number of H-pyrrole nitrogens is 1. The van der Waals surface area contributed by atoms with Crippen molar-refractivity contribution in [1.29, 1.82) is 0 Å². The molecule has 1 fully saturated rings. The third kappa shape index (κ3) is 1.92. The van der Waals surface area contributed by atoms with Crippen LogP contribution in [0.25, 0.3) is 10.9 Å². The number of halogens is 1. The number of benzene rings is 1. The molecule has 0 saturated heterocycles. The van der Waals surface area contributed by atoms with Crippen molar-refractivity contribution in [2.24, 2.45) is 5.92 Å². The molecule has 0 amide bonds. The van der Waals surface area contributed by atoms with Gasteiger partial charge >= 0.3 is 0 Å². The predicted molar refractivity (Wildman–Crippen MR) is 82.8 cm³/mol. The monoisotopic (exact) mass is 334 g/mol. The minimum Gasteiger partial charge on any atom is -0.393 e. The van der Waals surface area contributed by atoms with Gasteiger partial charge in [-0.2, -0.15) is 5.10 Å². The number of hydrogen-bond donors (Lipinski definition) is 2. The van der Waals surface area contributed by atoms with Gasteiger partial charge in [-0.15, -0.1) is 0 Å². The Morgan fingerprint density at radius 3 is 3.10 bits per heavy atom. The zero-order chi connectivity index (χ0) is 13.7. The molecule has 1 heterocycles. The average Bonchev–Trinajstić information content (AvgIpc) is 2.82. The van der Waals surface area contributed by atoms with Gasteiger partial charge < -0.3 is 5.11 Å². The first kappa shape index (κ1) is 12.8. The van der Waals surface area contributed by atoms with Crippen LogP contribution in [0.5, 0.6) is 0 Å². The van der Waals surface area contributed by atoms with Gasteiger partial charge in [0.25, 0.3) is 0 Å². The third-order valence-electron chi connectivity index (χ3n) is 5.17. The van der Waals surface area contributed by atoms with Crippen LogP contribution in [-0.2, 0) is 6.42 Å². The molecule has 0 aliphatic heterocycles. The van der Waals surface area contributed by atoms with Gasteiger partial charge in [0.15, 0.2) is 0 Å². The Morgan fingerprint density at radius 2 is 2.20 bits per heavy atom. The van der Waals surface area contributed by atoms with E-state index in [0.29, 0.717) is 11.8 Å². The highest BCUT2D eigenvalue weighted by Gasteiger charge is 2.34. The number of fused-ring (bicyclic) bond motifs is 4. The summed E-state index contributed by atoms with van der Waals surface area (Å²) >= 11 is 3.79. The van der Waals surface area contributed by atoms with E-state index in [1.165, 1.54) is 33.8 Å². The van der Waals surface area contributed by atoms with Gasteiger partial charge in [0.1, 0.15) is 0 Å². The van der Waals surface area contributed by atoms with Gasteiger partial charge in [0, 0.05) is 9.86 Å². The highest BCUT2D eigenvalue weighted by Crippen LogP contribution is 2.46. The molecule has 2 aliphatic rings. The molecule has 106 valence electrons. The Kier molecular flexibility index (Phi) is 3.11. The fourth-order valence-electron chi connectivity index (χ4n) is 4.21. The summed E-state index contributed by atoms with van der Waals surface area (Å²) in [6.07, 6.45) is 8.47. The summed E-state index contributed by atoms with van der Waals surface area (Å²) in [5.74, 6) is 1.27. The second-order valence-corrected chi connectivity index (χ2v) is 7.11. The zero-order valence-corrected chi connectivity index (χ0v) is 13.0. The van der Waals surface area contributed by atoms with E-state index in [2.05, 4.69) is 32.2 Å². The largest absolute Gasteiger partial charge is 0.393 e. The number of aliphatic hydroxyl groups excluding tert-OH is 1. The summed E-state index contributed by atoms with van der Waals surface area (Å²) in [4.78, 5) is 0. The fraction of sp³-hybridized carbons (Fsp3) is 0.562. The molecule has 3 atom stereocenters. The van der Waals surface area contributed by atoms with E-state index in [0.717, 1.165) is 31.2 Å². The Bertz CT molecular complexity index is 651. The van der Waals surface area contributed by atoms with Crippen molar-refractivity contribution >= 4 is 26.8 Å². The van der Waals surface area contributed by atoms with E-state index in [1.54, 1.807) is 0 Å². The summed E-state index contributed by atoms with van der Waals surface area (Å²) in [6.45, 7) is 0. The molecular formula is C16H19BrN2O. The fourth-order valence-corrected chi connectivity index (χ4v) is 4.95. The van der Waals surface area contributed by atoms with Crippen LogP contribution in [0.2, 0.25) is 0 Å². The molecule has 3 nitrogen and oxygen atoms in total. The van der Waals surface area contributed by atoms with Crippen LogP contribution in [0.4, 0.5) is 0 Å². The van der Waals surface area contributed by atoms with E-state index >= 15 is 0 Å². The topological polar surface area (TPSA) is 48.9 Å². The number of aromatic amines is 1. The number of nitrogens with zero attached hydrogens (tertiary/aromatic N) is 1. The molecule has 20 heavy (non-hydrogen) atoms. The molecule has 4 heteroatoms. The van der Waals surface area contributed by atoms with Gasteiger partial charge in [0.05, 0.1) is 17.8 Å². The summed E-state index contributed by atoms with van der Waals surface area (Å²) in [7, 11) is 0. The van der Waals surface area contributed by atoms with Gasteiger partial charge in [0.2, 0.25) is 0 Å². The molecule has 4 rings (SSSR count). The summed E-state index contributed by atoms with van der Waals surface area (Å²) in [5, 5.41) is 18.4. The quantitative estimate of drug-likeness (QED) is 0.767. The summed E-state index contributed by atoms with van der Waals surface area (Å²) < 4.78 is 1.20. The van der Waals surface area contributed by atoms with Crippen LogP contribution in [0.15, 0.2) is 16.7 Å². The third-order valence-corrected chi connectivity index (χ3v) is 6.04. The van der Waals surface area contributed by atoms with E-state index in [1.807, 2.05) is 6.20 Å². The minimum absolute atomic E-state index is 0.0844. The normalized spacial score (nSPS) is 29.8. The van der Waals surface area contributed by atoms with Gasteiger partial charge in [-0.05, 0) is 83.5 Å². The number of aliphatic hydroxyl groups is 1. The first-order valence-electron chi connectivity index (χ1n) is 7.56. The Labute approximate surface area is 126 Å². The average molecular weight is 335 g/mol. The van der Waals surface area contributed by atoms with Crippen LogP contribution in [0, 0.1) is 5.92 Å². The van der Waals surface area contributed by atoms with Crippen molar-refractivity contribution < 1.29 is 5.11 Å². The first-order valence-corrected chi connectivity index (χ1v) is 8.35. The molecule has 0 spiro atoms. The zero-order valence-electron chi connectivity index (χ0n) is 11.4. The van der Waals surface area contributed by atoms with E-state index in [4.69, 9.17) is 0 Å². The predicted octanol–water partition coefficient (Wildman–Crippen LogP) is 3.91. The number of aromatic nitrogens is 2. The summed E-state index contributed by atoms with van der Waals surface area (Å²) in [5.41, 5.74) is 4.09. The van der Waals surface area contributed by atoms with Gasteiger partial charge in [-0.25, -0.2) is 0 Å². The van der Waals surface area contributed by atoms with Crippen LogP contribution in [-0.4, -0.2) is 21.4 Å². The Morgan fingerprint density at radius 1 is 1.30 bits per heavy atom. The number of nitrogens with one attached hydrogen (secondary N) is 1. The van der Waals surface area contributed by atoms with E-state index in [9.17, 15) is 5.11 Å². The molecule has 2 N–H and O–H groups in total. The highest BCUT2D eigenvalue weighted by molar-refractivity contribution is 9.10. The number of rotatable bonds is 0. The lowest BCUT2D eigenvalue weighted by Crippen LogP contribution is -2.26. The maximum atomic E-state index is 9.96. The smallest absolute Gasteiger partial charge is 0.0795 e. The maximum absolute atomic E-state index is 9.96.